The Bertz CT molecular complexity index is 318. The molecule has 0 spiro atoms. The summed E-state index contributed by atoms with van der Waals surface area (Å²) in [7, 11) is 0. The summed E-state index contributed by atoms with van der Waals surface area (Å²) < 4.78 is 1.79. The maximum absolute atomic E-state index is 6.10. The van der Waals surface area contributed by atoms with Gasteiger partial charge in [0.15, 0.2) is 0 Å². The van der Waals surface area contributed by atoms with Gasteiger partial charge in [-0.15, -0.1) is 11.3 Å². The molecule has 1 aromatic rings. The second-order valence-electron chi connectivity index (χ2n) is 4.06. The minimum Gasteiger partial charge on any atom is -0.329 e. The molecule has 0 aliphatic heterocycles. The fourth-order valence-corrected chi connectivity index (χ4v) is 3.85. The molecular formula is C12H20BrClN2S. The monoisotopic (exact) mass is 338 g/mol. The first kappa shape index (κ1) is 15.4. The maximum atomic E-state index is 6.10. The normalized spacial score (nSPS) is 13.3. The third kappa shape index (κ3) is 4.21. The van der Waals surface area contributed by atoms with Crippen LogP contribution in [0.5, 0.6) is 0 Å². The predicted octanol–water partition coefficient (Wildman–Crippen LogP) is 4.29. The standard InChI is InChI=1S/C12H20BrClN2S/c1-3-5-16(6-4-2)10(8-15)11-7-9(13)12(14)17-11/h7,10H,3-6,8,15H2,1-2H3. The molecule has 0 fully saturated rings. The second kappa shape index (κ2) is 7.74. The van der Waals surface area contributed by atoms with Crippen LogP contribution >= 0.6 is 38.9 Å². The highest BCUT2D eigenvalue weighted by molar-refractivity contribution is 9.10. The largest absolute Gasteiger partial charge is 0.329 e. The number of nitrogens with two attached hydrogens (primary N) is 1. The molecule has 1 heterocycles. The number of hydrogen-bond donors (Lipinski definition) is 1. The van der Waals surface area contributed by atoms with Crippen LogP contribution in [0.15, 0.2) is 10.5 Å². The first-order valence-electron chi connectivity index (χ1n) is 6.02. The van der Waals surface area contributed by atoms with E-state index in [1.165, 1.54) is 4.88 Å². The van der Waals surface area contributed by atoms with Crippen molar-refractivity contribution in [1.82, 2.24) is 4.90 Å². The number of nitrogens with zero attached hydrogens (tertiary/aromatic N) is 1. The van der Waals surface area contributed by atoms with E-state index in [1.54, 1.807) is 11.3 Å². The fourth-order valence-electron chi connectivity index (χ4n) is 1.97. The van der Waals surface area contributed by atoms with E-state index in [2.05, 4.69) is 40.7 Å². The van der Waals surface area contributed by atoms with Crippen LogP contribution in [0.25, 0.3) is 0 Å². The Morgan fingerprint density at radius 1 is 1.41 bits per heavy atom. The van der Waals surface area contributed by atoms with Crippen molar-refractivity contribution in [3.05, 3.63) is 19.8 Å². The van der Waals surface area contributed by atoms with E-state index in [0.29, 0.717) is 12.6 Å². The van der Waals surface area contributed by atoms with Gasteiger partial charge in [-0.2, -0.15) is 0 Å². The van der Waals surface area contributed by atoms with Crippen molar-refractivity contribution in [2.45, 2.75) is 32.7 Å². The molecule has 5 heteroatoms. The zero-order valence-corrected chi connectivity index (χ0v) is 13.5. The van der Waals surface area contributed by atoms with Gasteiger partial charge in [0.1, 0.15) is 4.34 Å². The Labute approximate surface area is 121 Å². The van der Waals surface area contributed by atoms with Gasteiger partial charge in [-0.25, -0.2) is 0 Å². The van der Waals surface area contributed by atoms with Crippen molar-refractivity contribution >= 4 is 38.9 Å². The lowest BCUT2D eigenvalue weighted by Gasteiger charge is -2.29. The average Bonchev–Trinajstić information content (AvgIpc) is 2.61. The first-order valence-corrected chi connectivity index (χ1v) is 8.01. The van der Waals surface area contributed by atoms with Crippen molar-refractivity contribution in [3.63, 3.8) is 0 Å². The zero-order chi connectivity index (χ0) is 12.8. The summed E-state index contributed by atoms with van der Waals surface area (Å²) in [4.78, 5) is 3.71. The molecule has 0 radical (unpaired) electrons. The summed E-state index contributed by atoms with van der Waals surface area (Å²) in [5.41, 5.74) is 5.93. The van der Waals surface area contributed by atoms with Gasteiger partial charge in [-0.05, 0) is 47.9 Å². The molecule has 98 valence electrons. The van der Waals surface area contributed by atoms with Crippen LogP contribution in [-0.2, 0) is 0 Å². The van der Waals surface area contributed by atoms with Gasteiger partial charge in [0.25, 0.3) is 0 Å². The summed E-state index contributed by atoms with van der Waals surface area (Å²) in [5.74, 6) is 0. The molecule has 2 nitrogen and oxygen atoms in total. The summed E-state index contributed by atoms with van der Waals surface area (Å²) in [6.07, 6.45) is 2.30. The summed E-state index contributed by atoms with van der Waals surface area (Å²) in [5, 5.41) is 0. The quantitative estimate of drug-likeness (QED) is 0.803. The molecule has 1 rings (SSSR count). The highest BCUT2D eigenvalue weighted by atomic mass is 79.9. The van der Waals surface area contributed by atoms with Crippen molar-refractivity contribution < 1.29 is 0 Å². The average molecular weight is 340 g/mol. The molecule has 1 aromatic heterocycles. The highest BCUT2D eigenvalue weighted by Gasteiger charge is 2.20. The molecule has 1 atom stereocenters. The van der Waals surface area contributed by atoms with E-state index in [0.717, 1.165) is 34.7 Å². The van der Waals surface area contributed by atoms with E-state index < -0.39 is 0 Å². The van der Waals surface area contributed by atoms with Crippen LogP contribution < -0.4 is 5.73 Å². The molecule has 0 bridgehead atoms. The van der Waals surface area contributed by atoms with E-state index in [-0.39, 0.29) is 0 Å². The molecule has 0 saturated heterocycles. The van der Waals surface area contributed by atoms with Crippen LogP contribution in [0.2, 0.25) is 4.34 Å². The molecular weight excluding hydrogens is 320 g/mol. The molecule has 0 amide bonds. The number of hydrogen-bond acceptors (Lipinski definition) is 3. The number of thiophene rings is 1. The van der Waals surface area contributed by atoms with E-state index in [9.17, 15) is 0 Å². The summed E-state index contributed by atoms with van der Waals surface area (Å²) in [6.45, 7) is 7.22. The summed E-state index contributed by atoms with van der Waals surface area (Å²) in [6, 6.07) is 2.40. The van der Waals surface area contributed by atoms with Gasteiger partial charge in [-0.3, -0.25) is 4.90 Å². The lowest BCUT2D eigenvalue weighted by molar-refractivity contribution is 0.205. The number of halogens is 2. The van der Waals surface area contributed by atoms with Gasteiger partial charge in [0, 0.05) is 15.9 Å². The SMILES string of the molecule is CCCN(CCC)C(CN)c1cc(Br)c(Cl)s1. The second-order valence-corrected chi connectivity index (χ2v) is 6.60. The van der Waals surface area contributed by atoms with Crippen molar-refractivity contribution in [3.8, 4) is 0 Å². The van der Waals surface area contributed by atoms with E-state index in [1.807, 2.05) is 0 Å². The van der Waals surface area contributed by atoms with Gasteiger partial charge in [0.2, 0.25) is 0 Å². The third-order valence-electron chi connectivity index (χ3n) is 2.68. The minimum atomic E-state index is 0.295. The van der Waals surface area contributed by atoms with Crippen LogP contribution in [0.4, 0.5) is 0 Å². The Hall–Kier alpha value is 0.390. The Kier molecular flexibility index (Phi) is 7.04. The number of rotatable bonds is 7. The lowest BCUT2D eigenvalue weighted by atomic mass is 10.2. The molecule has 1 unspecified atom stereocenters. The Morgan fingerprint density at radius 2 is 2.00 bits per heavy atom. The Balaban J connectivity index is 2.86. The van der Waals surface area contributed by atoms with Gasteiger partial charge in [-0.1, -0.05) is 25.4 Å². The van der Waals surface area contributed by atoms with Gasteiger partial charge >= 0.3 is 0 Å². The minimum absolute atomic E-state index is 0.295. The van der Waals surface area contributed by atoms with E-state index in [4.69, 9.17) is 17.3 Å². The molecule has 2 N–H and O–H groups in total. The molecule has 17 heavy (non-hydrogen) atoms. The summed E-state index contributed by atoms with van der Waals surface area (Å²) >= 11 is 11.2. The van der Waals surface area contributed by atoms with Crippen molar-refractivity contribution in [2.24, 2.45) is 5.73 Å². The van der Waals surface area contributed by atoms with Gasteiger partial charge in [0.05, 0.1) is 6.04 Å². The lowest BCUT2D eigenvalue weighted by Crippen LogP contribution is -2.34. The van der Waals surface area contributed by atoms with Gasteiger partial charge < -0.3 is 5.73 Å². The zero-order valence-electron chi connectivity index (χ0n) is 10.4. The van der Waals surface area contributed by atoms with E-state index >= 15 is 0 Å². The highest BCUT2D eigenvalue weighted by Crippen LogP contribution is 2.36. The first-order chi connectivity index (χ1) is 8.13. The van der Waals surface area contributed by atoms with Crippen LogP contribution in [0, 0.1) is 0 Å². The third-order valence-corrected chi connectivity index (χ3v) is 5.25. The van der Waals surface area contributed by atoms with Crippen LogP contribution in [0.1, 0.15) is 37.6 Å². The smallest absolute Gasteiger partial charge is 0.107 e. The molecule has 0 aromatic carbocycles. The predicted molar refractivity (Wildman–Crippen MR) is 81.0 cm³/mol. The molecule has 0 aliphatic carbocycles. The van der Waals surface area contributed by atoms with Crippen LogP contribution in [-0.4, -0.2) is 24.5 Å². The topological polar surface area (TPSA) is 29.3 Å². The van der Waals surface area contributed by atoms with Crippen LogP contribution in [0.3, 0.4) is 0 Å². The molecule has 0 saturated carbocycles. The van der Waals surface area contributed by atoms with Crippen molar-refractivity contribution in [2.75, 3.05) is 19.6 Å². The Morgan fingerprint density at radius 3 is 2.35 bits per heavy atom. The fraction of sp³-hybridized carbons (Fsp3) is 0.667. The van der Waals surface area contributed by atoms with Crippen molar-refractivity contribution in [1.29, 1.82) is 0 Å². The maximum Gasteiger partial charge on any atom is 0.107 e. The molecule has 0 aliphatic rings.